The Balaban J connectivity index is 1.91. The highest BCUT2D eigenvalue weighted by atomic mass is 35.5. The first-order valence-corrected chi connectivity index (χ1v) is 6.87. The zero-order valence-electron chi connectivity index (χ0n) is 11.1. The van der Waals surface area contributed by atoms with Crippen LogP contribution in [0.2, 0.25) is 5.02 Å². The molecule has 100 valence electrons. The van der Waals surface area contributed by atoms with Crippen LogP contribution < -0.4 is 0 Å². The topological polar surface area (TPSA) is 26.0 Å². The van der Waals surface area contributed by atoms with Crippen molar-refractivity contribution in [2.24, 2.45) is 0 Å². The van der Waals surface area contributed by atoms with E-state index in [2.05, 4.69) is 12.1 Å². The molecule has 0 atom stereocenters. The van der Waals surface area contributed by atoms with Gasteiger partial charge in [-0.1, -0.05) is 76.9 Å². The smallest absolute Gasteiger partial charge is 0.160 e. The third-order valence-corrected chi connectivity index (χ3v) is 3.62. The van der Waals surface area contributed by atoms with Gasteiger partial charge in [0.1, 0.15) is 10.7 Å². The summed E-state index contributed by atoms with van der Waals surface area (Å²) in [7, 11) is 0. The van der Waals surface area contributed by atoms with E-state index in [1.165, 1.54) is 5.56 Å². The van der Waals surface area contributed by atoms with Crippen molar-refractivity contribution in [3.05, 3.63) is 76.5 Å². The van der Waals surface area contributed by atoms with Gasteiger partial charge >= 0.3 is 0 Å². The molecule has 1 aromatic heterocycles. The number of rotatable bonds is 3. The second-order valence-electron chi connectivity index (χ2n) is 4.80. The number of aromatic nitrogens is 1. The number of hydrogen-bond acceptors (Lipinski definition) is 2. The summed E-state index contributed by atoms with van der Waals surface area (Å²) in [5.41, 5.74) is 4.04. The van der Waals surface area contributed by atoms with E-state index in [1.54, 1.807) is 0 Å². The molecule has 3 heteroatoms. The lowest BCUT2D eigenvalue weighted by Crippen LogP contribution is -1.86. The average molecular weight is 284 g/mol. The van der Waals surface area contributed by atoms with Crippen LogP contribution in [-0.4, -0.2) is 5.16 Å². The van der Waals surface area contributed by atoms with Crippen LogP contribution in [0.25, 0.3) is 11.3 Å². The maximum atomic E-state index is 6.39. The summed E-state index contributed by atoms with van der Waals surface area (Å²) < 4.78 is 5.40. The summed E-state index contributed by atoms with van der Waals surface area (Å²) >= 11 is 6.39. The van der Waals surface area contributed by atoms with E-state index in [0.717, 1.165) is 11.1 Å². The van der Waals surface area contributed by atoms with Crippen LogP contribution in [0, 0.1) is 6.92 Å². The third kappa shape index (κ3) is 2.61. The molecule has 0 unspecified atom stereocenters. The Labute approximate surface area is 123 Å². The van der Waals surface area contributed by atoms with Crippen LogP contribution in [-0.2, 0) is 6.42 Å². The van der Waals surface area contributed by atoms with Crippen molar-refractivity contribution in [3.63, 3.8) is 0 Å². The molecule has 3 aromatic rings. The molecule has 0 aliphatic heterocycles. The predicted molar refractivity (Wildman–Crippen MR) is 80.9 cm³/mol. The van der Waals surface area contributed by atoms with Gasteiger partial charge in [-0.15, -0.1) is 0 Å². The lowest BCUT2D eigenvalue weighted by atomic mass is 10.1. The standard InChI is InChI=1S/C17H14ClNO/c1-12-7-9-14(10-8-12)17-16(18)15(20-19-17)11-13-5-3-2-4-6-13/h2-10H,11H2,1H3. The molecule has 2 aromatic carbocycles. The van der Waals surface area contributed by atoms with E-state index in [4.69, 9.17) is 16.1 Å². The summed E-state index contributed by atoms with van der Waals surface area (Å²) in [5, 5.41) is 4.70. The number of benzene rings is 2. The molecule has 0 saturated carbocycles. The first kappa shape index (κ1) is 12.9. The van der Waals surface area contributed by atoms with E-state index in [1.807, 2.05) is 54.6 Å². The van der Waals surface area contributed by atoms with Crippen molar-refractivity contribution in [3.8, 4) is 11.3 Å². The van der Waals surface area contributed by atoms with E-state index in [-0.39, 0.29) is 0 Å². The van der Waals surface area contributed by atoms with E-state index < -0.39 is 0 Å². The Morgan fingerprint density at radius 1 is 1.00 bits per heavy atom. The molecule has 3 rings (SSSR count). The summed E-state index contributed by atoms with van der Waals surface area (Å²) in [6, 6.07) is 18.2. The van der Waals surface area contributed by atoms with Gasteiger partial charge in [-0.2, -0.15) is 0 Å². The van der Waals surface area contributed by atoms with Gasteiger partial charge in [0, 0.05) is 12.0 Å². The average Bonchev–Trinajstić information content (AvgIpc) is 2.83. The van der Waals surface area contributed by atoms with Crippen molar-refractivity contribution in [2.75, 3.05) is 0 Å². The summed E-state index contributed by atoms with van der Waals surface area (Å²) in [5.74, 6) is 0.702. The number of halogens is 1. The normalized spacial score (nSPS) is 10.7. The SMILES string of the molecule is Cc1ccc(-c2noc(Cc3ccccc3)c2Cl)cc1. The summed E-state index contributed by atoms with van der Waals surface area (Å²) in [6.07, 6.45) is 0.651. The van der Waals surface area contributed by atoms with E-state index in [9.17, 15) is 0 Å². The highest BCUT2D eigenvalue weighted by Crippen LogP contribution is 2.31. The molecule has 0 aliphatic carbocycles. The fourth-order valence-electron chi connectivity index (χ4n) is 2.09. The van der Waals surface area contributed by atoms with Gasteiger partial charge in [0.15, 0.2) is 5.76 Å². The quantitative estimate of drug-likeness (QED) is 0.684. The van der Waals surface area contributed by atoms with Crippen molar-refractivity contribution < 1.29 is 4.52 Å². The van der Waals surface area contributed by atoms with Gasteiger partial charge in [0.05, 0.1) is 0 Å². The Hall–Kier alpha value is -2.06. The summed E-state index contributed by atoms with van der Waals surface area (Å²) in [6.45, 7) is 2.05. The van der Waals surface area contributed by atoms with Crippen LogP contribution in [0.3, 0.4) is 0 Å². The molecule has 0 N–H and O–H groups in total. The first-order valence-electron chi connectivity index (χ1n) is 6.49. The Bertz CT molecular complexity index is 702. The predicted octanol–water partition coefficient (Wildman–Crippen LogP) is 4.89. The van der Waals surface area contributed by atoms with Gasteiger partial charge in [-0.05, 0) is 12.5 Å². The van der Waals surface area contributed by atoms with Gasteiger partial charge in [0.25, 0.3) is 0 Å². The molecule has 0 aliphatic rings. The van der Waals surface area contributed by atoms with Crippen LogP contribution >= 0.6 is 11.6 Å². The van der Waals surface area contributed by atoms with Crippen LogP contribution in [0.4, 0.5) is 0 Å². The van der Waals surface area contributed by atoms with Crippen molar-refractivity contribution in [1.29, 1.82) is 0 Å². The second kappa shape index (κ2) is 5.51. The highest BCUT2D eigenvalue weighted by Gasteiger charge is 2.15. The van der Waals surface area contributed by atoms with Gasteiger partial charge < -0.3 is 4.52 Å². The van der Waals surface area contributed by atoms with Gasteiger partial charge in [-0.3, -0.25) is 0 Å². The second-order valence-corrected chi connectivity index (χ2v) is 5.17. The van der Waals surface area contributed by atoms with Crippen molar-refractivity contribution in [1.82, 2.24) is 5.16 Å². The fraction of sp³-hybridized carbons (Fsp3) is 0.118. The Kier molecular flexibility index (Phi) is 3.57. The molecule has 2 nitrogen and oxygen atoms in total. The molecule has 0 fully saturated rings. The summed E-state index contributed by atoms with van der Waals surface area (Å²) in [4.78, 5) is 0. The molecular weight excluding hydrogens is 270 g/mol. The lowest BCUT2D eigenvalue weighted by molar-refractivity contribution is 0.392. The fourth-order valence-corrected chi connectivity index (χ4v) is 2.34. The Morgan fingerprint density at radius 3 is 2.40 bits per heavy atom. The molecule has 20 heavy (non-hydrogen) atoms. The maximum Gasteiger partial charge on any atom is 0.160 e. The highest BCUT2D eigenvalue weighted by molar-refractivity contribution is 6.33. The molecule has 0 saturated heterocycles. The molecular formula is C17H14ClNO. The largest absolute Gasteiger partial charge is 0.359 e. The van der Waals surface area contributed by atoms with E-state index in [0.29, 0.717) is 22.9 Å². The number of hydrogen-bond donors (Lipinski definition) is 0. The van der Waals surface area contributed by atoms with E-state index >= 15 is 0 Å². The molecule has 0 spiro atoms. The first-order chi connectivity index (χ1) is 9.74. The minimum atomic E-state index is 0.595. The lowest BCUT2D eigenvalue weighted by Gasteiger charge is -1.99. The minimum absolute atomic E-state index is 0.595. The number of aryl methyl sites for hydroxylation is 1. The Morgan fingerprint density at radius 2 is 1.70 bits per heavy atom. The van der Waals surface area contributed by atoms with Crippen LogP contribution in [0.5, 0.6) is 0 Å². The number of nitrogens with zero attached hydrogens (tertiary/aromatic N) is 1. The van der Waals surface area contributed by atoms with Crippen molar-refractivity contribution in [2.45, 2.75) is 13.3 Å². The molecule has 0 amide bonds. The van der Waals surface area contributed by atoms with Crippen LogP contribution in [0.15, 0.2) is 59.1 Å². The molecule has 1 heterocycles. The zero-order chi connectivity index (χ0) is 13.9. The monoisotopic (exact) mass is 283 g/mol. The van der Waals surface area contributed by atoms with Gasteiger partial charge in [0.2, 0.25) is 0 Å². The third-order valence-electron chi connectivity index (χ3n) is 3.23. The van der Waals surface area contributed by atoms with Crippen LogP contribution in [0.1, 0.15) is 16.9 Å². The molecule has 0 bridgehead atoms. The maximum absolute atomic E-state index is 6.39. The minimum Gasteiger partial charge on any atom is -0.359 e. The molecule has 0 radical (unpaired) electrons. The van der Waals surface area contributed by atoms with Crippen molar-refractivity contribution >= 4 is 11.6 Å². The van der Waals surface area contributed by atoms with Gasteiger partial charge in [-0.25, -0.2) is 0 Å². The zero-order valence-corrected chi connectivity index (χ0v) is 11.9.